The first-order valence-electron chi connectivity index (χ1n) is 6.85. The van der Waals surface area contributed by atoms with Crippen molar-refractivity contribution in [2.75, 3.05) is 26.7 Å². The Morgan fingerprint density at radius 2 is 2.35 bits per heavy atom. The van der Waals surface area contributed by atoms with Gasteiger partial charge in [-0.15, -0.1) is 0 Å². The van der Waals surface area contributed by atoms with Gasteiger partial charge in [-0.05, 0) is 38.8 Å². The maximum absolute atomic E-state index is 11.7. The van der Waals surface area contributed by atoms with Crippen molar-refractivity contribution in [1.29, 1.82) is 0 Å². The molecule has 0 saturated carbocycles. The number of hydrogen-bond acceptors (Lipinski definition) is 3. The van der Waals surface area contributed by atoms with E-state index >= 15 is 0 Å². The van der Waals surface area contributed by atoms with Gasteiger partial charge in [-0.1, -0.05) is 19.8 Å². The van der Waals surface area contributed by atoms with E-state index in [1.54, 1.807) is 0 Å². The van der Waals surface area contributed by atoms with Gasteiger partial charge in [0, 0.05) is 13.1 Å². The number of piperidine rings is 1. The Labute approximate surface area is 105 Å². The zero-order chi connectivity index (χ0) is 12.7. The lowest BCUT2D eigenvalue weighted by Crippen LogP contribution is -2.45. The average Bonchev–Trinajstić information content (AvgIpc) is 2.33. The molecule has 3 N–H and O–H groups in total. The Bertz CT molecular complexity index is 233. The number of hydrogen-bond donors (Lipinski definition) is 2. The number of amides is 1. The van der Waals surface area contributed by atoms with E-state index in [0.717, 1.165) is 32.4 Å². The third kappa shape index (κ3) is 5.50. The van der Waals surface area contributed by atoms with E-state index in [0.29, 0.717) is 5.92 Å². The van der Waals surface area contributed by atoms with E-state index in [-0.39, 0.29) is 11.9 Å². The Morgan fingerprint density at radius 3 is 3.00 bits per heavy atom. The van der Waals surface area contributed by atoms with Crippen molar-refractivity contribution in [3.63, 3.8) is 0 Å². The fourth-order valence-electron chi connectivity index (χ4n) is 2.37. The highest BCUT2D eigenvalue weighted by Crippen LogP contribution is 2.13. The van der Waals surface area contributed by atoms with Gasteiger partial charge in [0.2, 0.25) is 5.91 Å². The molecule has 0 bridgehead atoms. The first-order chi connectivity index (χ1) is 8.13. The minimum Gasteiger partial charge on any atom is -0.354 e. The highest BCUT2D eigenvalue weighted by molar-refractivity contribution is 5.81. The summed E-state index contributed by atoms with van der Waals surface area (Å²) < 4.78 is 0. The van der Waals surface area contributed by atoms with Crippen LogP contribution in [0.5, 0.6) is 0 Å². The molecular weight excluding hydrogens is 214 g/mol. The summed E-state index contributed by atoms with van der Waals surface area (Å²) in [5.41, 5.74) is 5.82. The molecule has 1 saturated heterocycles. The van der Waals surface area contributed by atoms with Gasteiger partial charge in [-0.3, -0.25) is 4.79 Å². The number of rotatable bonds is 6. The van der Waals surface area contributed by atoms with Crippen LogP contribution in [0, 0.1) is 5.92 Å². The number of carbonyl (C=O) groups excluding carboxylic acids is 1. The van der Waals surface area contributed by atoms with Crippen LogP contribution in [0.3, 0.4) is 0 Å². The van der Waals surface area contributed by atoms with Gasteiger partial charge < -0.3 is 16.0 Å². The van der Waals surface area contributed by atoms with Crippen molar-refractivity contribution < 1.29 is 4.79 Å². The summed E-state index contributed by atoms with van der Waals surface area (Å²) in [7, 11) is 2.14. The van der Waals surface area contributed by atoms with Crippen molar-refractivity contribution >= 4 is 5.91 Å². The molecule has 4 nitrogen and oxygen atoms in total. The molecule has 4 heteroatoms. The second-order valence-electron chi connectivity index (χ2n) is 5.26. The SMILES string of the molecule is CCCCC(N)C(=O)NCC1CCCN(C)C1. The molecule has 100 valence electrons. The van der Waals surface area contributed by atoms with Crippen LogP contribution in [-0.4, -0.2) is 43.5 Å². The first-order valence-corrected chi connectivity index (χ1v) is 6.85. The second-order valence-corrected chi connectivity index (χ2v) is 5.26. The van der Waals surface area contributed by atoms with Crippen LogP contribution >= 0.6 is 0 Å². The van der Waals surface area contributed by atoms with Crippen LogP contribution in [0.2, 0.25) is 0 Å². The molecule has 0 aromatic rings. The van der Waals surface area contributed by atoms with Gasteiger partial charge in [0.15, 0.2) is 0 Å². The summed E-state index contributed by atoms with van der Waals surface area (Å²) in [5, 5.41) is 2.99. The summed E-state index contributed by atoms with van der Waals surface area (Å²) in [6.07, 6.45) is 5.37. The summed E-state index contributed by atoms with van der Waals surface area (Å²) in [4.78, 5) is 14.1. The predicted molar refractivity (Wildman–Crippen MR) is 70.7 cm³/mol. The van der Waals surface area contributed by atoms with Crippen molar-refractivity contribution in [3.05, 3.63) is 0 Å². The second kappa shape index (κ2) is 7.67. The molecule has 0 aromatic carbocycles. The van der Waals surface area contributed by atoms with E-state index in [1.807, 2.05) is 0 Å². The minimum absolute atomic E-state index is 0.0201. The predicted octanol–water partition coefficient (Wildman–Crippen LogP) is 0.962. The number of carbonyl (C=O) groups is 1. The summed E-state index contributed by atoms with van der Waals surface area (Å²) in [5.74, 6) is 0.614. The zero-order valence-electron chi connectivity index (χ0n) is 11.2. The van der Waals surface area contributed by atoms with Gasteiger partial charge >= 0.3 is 0 Å². The molecular formula is C13H27N3O. The molecule has 2 atom stereocenters. The Hall–Kier alpha value is -0.610. The number of unbranched alkanes of at least 4 members (excludes halogenated alkanes) is 1. The van der Waals surface area contributed by atoms with E-state index in [9.17, 15) is 4.79 Å². The largest absolute Gasteiger partial charge is 0.354 e. The normalized spacial score (nSPS) is 23.4. The smallest absolute Gasteiger partial charge is 0.236 e. The van der Waals surface area contributed by atoms with Crippen LogP contribution in [0.1, 0.15) is 39.0 Å². The van der Waals surface area contributed by atoms with E-state index in [4.69, 9.17) is 5.73 Å². The molecule has 1 aliphatic heterocycles. The molecule has 1 heterocycles. The highest BCUT2D eigenvalue weighted by Gasteiger charge is 2.19. The van der Waals surface area contributed by atoms with Crippen molar-refractivity contribution in [2.24, 2.45) is 11.7 Å². The van der Waals surface area contributed by atoms with Gasteiger partial charge in [0.05, 0.1) is 6.04 Å². The van der Waals surface area contributed by atoms with E-state index < -0.39 is 0 Å². The lowest BCUT2D eigenvalue weighted by atomic mass is 9.98. The van der Waals surface area contributed by atoms with Crippen LogP contribution < -0.4 is 11.1 Å². The van der Waals surface area contributed by atoms with Gasteiger partial charge in [-0.25, -0.2) is 0 Å². The molecule has 0 aliphatic carbocycles. The minimum atomic E-state index is -0.323. The van der Waals surface area contributed by atoms with Gasteiger partial charge in [0.1, 0.15) is 0 Å². The van der Waals surface area contributed by atoms with E-state index in [1.165, 1.54) is 19.4 Å². The maximum Gasteiger partial charge on any atom is 0.236 e. The number of nitrogens with one attached hydrogen (secondary N) is 1. The summed E-state index contributed by atoms with van der Waals surface area (Å²) in [6.45, 7) is 5.16. The lowest BCUT2D eigenvalue weighted by Gasteiger charge is -2.30. The molecule has 1 rings (SSSR count). The van der Waals surface area contributed by atoms with Crippen LogP contribution in [0.15, 0.2) is 0 Å². The Kier molecular flexibility index (Phi) is 6.52. The molecule has 2 unspecified atom stereocenters. The third-order valence-corrected chi connectivity index (χ3v) is 3.49. The molecule has 0 aromatic heterocycles. The lowest BCUT2D eigenvalue weighted by molar-refractivity contribution is -0.122. The molecule has 1 fully saturated rings. The Morgan fingerprint density at radius 1 is 1.59 bits per heavy atom. The average molecular weight is 241 g/mol. The van der Waals surface area contributed by atoms with Crippen molar-refractivity contribution in [1.82, 2.24) is 10.2 Å². The molecule has 1 amide bonds. The molecule has 0 radical (unpaired) electrons. The number of likely N-dealkylation sites (tertiary alicyclic amines) is 1. The molecule has 17 heavy (non-hydrogen) atoms. The standard InChI is InChI=1S/C13H27N3O/c1-3-4-7-12(14)13(17)15-9-11-6-5-8-16(2)10-11/h11-12H,3-10,14H2,1-2H3,(H,15,17). The number of nitrogens with two attached hydrogens (primary N) is 1. The van der Waals surface area contributed by atoms with Gasteiger partial charge in [0.25, 0.3) is 0 Å². The zero-order valence-corrected chi connectivity index (χ0v) is 11.2. The van der Waals surface area contributed by atoms with Crippen molar-refractivity contribution in [3.8, 4) is 0 Å². The first kappa shape index (κ1) is 14.5. The van der Waals surface area contributed by atoms with Crippen LogP contribution in [-0.2, 0) is 4.79 Å². The highest BCUT2D eigenvalue weighted by atomic mass is 16.2. The quantitative estimate of drug-likeness (QED) is 0.728. The number of nitrogens with zero attached hydrogens (tertiary/aromatic N) is 1. The van der Waals surface area contributed by atoms with Crippen LogP contribution in [0.4, 0.5) is 0 Å². The fourth-order valence-corrected chi connectivity index (χ4v) is 2.37. The fraction of sp³-hybridized carbons (Fsp3) is 0.923. The molecule has 0 spiro atoms. The summed E-state index contributed by atoms with van der Waals surface area (Å²) >= 11 is 0. The van der Waals surface area contributed by atoms with Gasteiger partial charge in [-0.2, -0.15) is 0 Å². The topological polar surface area (TPSA) is 58.4 Å². The monoisotopic (exact) mass is 241 g/mol. The van der Waals surface area contributed by atoms with Crippen molar-refractivity contribution in [2.45, 2.75) is 45.1 Å². The Balaban J connectivity index is 2.18. The van der Waals surface area contributed by atoms with Crippen LogP contribution in [0.25, 0.3) is 0 Å². The van der Waals surface area contributed by atoms with E-state index in [2.05, 4.69) is 24.2 Å². The maximum atomic E-state index is 11.7. The third-order valence-electron chi connectivity index (χ3n) is 3.49. The molecule has 1 aliphatic rings. The summed E-state index contributed by atoms with van der Waals surface area (Å²) in [6, 6.07) is -0.323.